The van der Waals surface area contributed by atoms with Crippen molar-refractivity contribution < 1.29 is 49.5 Å². The van der Waals surface area contributed by atoms with E-state index in [-0.39, 0.29) is 32.6 Å². The van der Waals surface area contributed by atoms with E-state index in [9.17, 15) is 35.8 Å². The normalized spacial score (nSPS) is 15.3. The van der Waals surface area contributed by atoms with E-state index in [0.29, 0.717) is 19.3 Å². The molecule has 17 heteroatoms. The number of aryl methyl sites for hydroxylation is 6. The lowest BCUT2D eigenvalue weighted by Crippen LogP contribution is -2.40. The summed E-state index contributed by atoms with van der Waals surface area (Å²) in [7, 11) is -8.41. The number of sulfonamides is 1. The maximum absolute atomic E-state index is 12.2. The van der Waals surface area contributed by atoms with Gasteiger partial charge in [0.05, 0.1) is 21.2 Å². The van der Waals surface area contributed by atoms with Gasteiger partial charge in [0.25, 0.3) is 0 Å². The number of fused-ring (bicyclic) bond motifs is 3. The van der Waals surface area contributed by atoms with Crippen LogP contribution in [0.3, 0.4) is 0 Å². The topological polar surface area (TPSA) is 190 Å². The van der Waals surface area contributed by atoms with E-state index in [4.69, 9.17) is 5.14 Å². The van der Waals surface area contributed by atoms with E-state index in [1.165, 1.54) is 68.4 Å². The number of nitrogens with two attached hydrogens (primary N) is 1. The number of nitrogens with zero attached hydrogens (tertiary/aromatic N) is 6. The summed E-state index contributed by atoms with van der Waals surface area (Å²) in [5.74, 6) is 0.515. The fourth-order valence-corrected chi connectivity index (χ4v) is 18.4. The number of aromatic nitrogens is 3. The number of hydrogen-bond donors (Lipinski definition) is 1. The first-order valence-electron chi connectivity index (χ1n) is 42.3. The molecule has 3 aliphatic heterocycles. The number of anilines is 6. The molecule has 3 aromatic heterocycles. The number of carbonyl (C=O) groups is 3. The standard InChI is InChI=1S/C36H38N3O3S.C36H36N2O4S.C36H37N2O/c1-25-20-30(21-26(2)38(25)24-29-16-14-28(15-17-29)22-27(3)40)10-9-13-35-36(4,5)33-23-32(43(37,41)42)18-19-34(33)39(35)31-11-7-6-8-12-31;1-25-20-30(21-26(2)37(25)24-29-16-14-28(15-17-29)22-27(3)39)10-9-13-35-36(4,5)33-23-32(43(40,41)42)18-19-34(33)38(35)31-11-7-6-8-12-31;1-26-22-31(23-27(2)37(26)25-30-20-18-29(19-21-30)24-28(3)39)12-11-17-35-36(4,5)33-15-9-10-16-34(33)38(35)32-13-7-6-8-14-32/h6-21,23H,22,24H2,1-5H3,(H2,37,41,42);6-21,23H,22,24H2,1-5H3;6-23H,24-25H2,1-5H3/q+1;;+1. The second-order valence-electron chi connectivity index (χ2n) is 34.6. The molecule has 0 fully saturated rings. The molecule has 0 atom stereocenters. The molecule has 0 radical (unpaired) electrons. The number of carbonyl (C=O) groups excluding carboxylic acids is 3. The smallest absolute Gasteiger partial charge is 0.238 e. The molecule has 9 aromatic carbocycles. The quantitative estimate of drug-likeness (QED) is 0.0474. The number of ketones is 3. The number of hydrogen-bond acceptors (Lipinski definition) is 11. The monoisotopic (exact) mass is 1700 g/mol. The Balaban J connectivity index is 0.000000161. The molecule has 125 heavy (non-hydrogen) atoms. The Morgan fingerprint density at radius 1 is 0.336 bits per heavy atom. The van der Waals surface area contributed by atoms with E-state index < -0.39 is 31.0 Å². The van der Waals surface area contributed by atoms with E-state index in [0.717, 1.165) is 115 Å². The third kappa shape index (κ3) is 20.8. The molecule has 0 unspecified atom stereocenters. The van der Waals surface area contributed by atoms with Crippen molar-refractivity contribution in [1.82, 2.24) is 0 Å². The van der Waals surface area contributed by atoms with Crippen LogP contribution in [0.25, 0.3) is 18.2 Å². The van der Waals surface area contributed by atoms with Gasteiger partial charge in [-0.2, -0.15) is 13.7 Å². The van der Waals surface area contributed by atoms with Crippen molar-refractivity contribution >= 4 is 89.8 Å². The zero-order valence-electron chi connectivity index (χ0n) is 74.1. The Labute approximate surface area is 738 Å². The van der Waals surface area contributed by atoms with Crippen LogP contribution in [0.15, 0.2) is 324 Å². The van der Waals surface area contributed by atoms with Gasteiger partial charge in [0, 0.05) is 170 Å². The summed E-state index contributed by atoms with van der Waals surface area (Å²) in [6.45, 7) is 32.8. The van der Waals surface area contributed by atoms with Crippen LogP contribution in [0.4, 0.5) is 34.1 Å². The maximum atomic E-state index is 12.2. The highest BCUT2D eigenvalue weighted by Gasteiger charge is 2.44. The highest BCUT2D eigenvalue weighted by atomic mass is 32.2. The minimum atomic E-state index is -4.58. The van der Waals surface area contributed by atoms with Gasteiger partial charge >= 0.3 is 0 Å². The predicted molar refractivity (Wildman–Crippen MR) is 503 cm³/mol. The van der Waals surface area contributed by atoms with Crippen LogP contribution in [0.2, 0.25) is 0 Å². The first-order valence-corrected chi connectivity index (χ1v) is 45.2. The number of Topliss-reactive ketones (excluding diaryl/α,β-unsaturated/α-hetero) is 3. The van der Waals surface area contributed by atoms with Crippen molar-refractivity contribution in [3.05, 3.63) is 415 Å². The van der Waals surface area contributed by atoms with E-state index in [1.54, 1.807) is 39.0 Å². The van der Waals surface area contributed by atoms with Gasteiger partial charge in [-0.3, -0.25) is 14.4 Å². The van der Waals surface area contributed by atoms with E-state index in [1.807, 2.05) is 98.8 Å². The van der Waals surface area contributed by atoms with E-state index >= 15 is 0 Å². The summed E-state index contributed by atoms with van der Waals surface area (Å²) in [5.41, 5.74) is 28.4. The molecular weight excluding hydrogens is 1590 g/mol. The van der Waals surface area contributed by atoms with Gasteiger partial charge in [-0.25, -0.2) is 22.0 Å². The summed E-state index contributed by atoms with van der Waals surface area (Å²) in [5, 5.41) is 5.48. The van der Waals surface area contributed by atoms with Crippen molar-refractivity contribution in [2.75, 3.05) is 14.7 Å². The van der Waals surface area contributed by atoms with Crippen molar-refractivity contribution in [2.45, 2.75) is 169 Å². The average molecular weight is 1700 g/mol. The SMILES string of the molecule is CC(=O)Cc1ccc(C[n+]2c(C)cc(C=CC=C3N(c4ccccc4)c4ccc(S(=O)(=O)[O-])cc4C3(C)C)cc2C)cc1.CC(=O)Cc1ccc(C[n+]2c(C)cc(C=CC=C3N(c4ccccc4)c4ccc(S(N)(=O)=O)cc4C3(C)C)cc2C)cc1.CC(=O)Cc1ccc(C[n+]2c(C)cc(C=CC=C3N(c4ccccc4)c4ccccc4C3(C)C)cc2C)cc1. The molecular formula is C108H111N7O8S2+2. The lowest BCUT2D eigenvalue weighted by molar-refractivity contribution is -0.700. The van der Waals surface area contributed by atoms with Crippen LogP contribution in [-0.2, 0) is 89.7 Å². The third-order valence-electron chi connectivity index (χ3n) is 23.8. The molecule has 15 nitrogen and oxygen atoms in total. The molecule has 0 amide bonds. The Morgan fingerprint density at radius 3 is 0.880 bits per heavy atom. The molecule has 15 rings (SSSR count). The van der Waals surface area contributed by atoms with Gasteiger partial charge in [-0.15, -0.1) is 0 Å². The predicted octanol–water partition coefficient (Wildman–Crippen LogP) is 20.9. The number of rotatable bonds is 23. The Bertz CT molecular complexity index is 6180. The zero-order chi connectivity index (χ0) is 89.5. The molecule has 12 aromatic rings. The van der Waals surface area contributed by atoms with E-state index in [2.05, 4.69) is 298 Å². The Kier molecular flexibility index (Phi) is 27.1. The minimum Gasteiger partial charge on any atom is -0.744 e. The fourth-order valence-electron chi connectivity index (χ4n) is 17.4. The molecule has 636 valence electrons. The molecule has 0 saturated heterocycles. The van der Waals surface area contributed by atoms with Gasteiger partial charge in [-0.1, -0.05) is 224 Å². The average Bonchev–Trinajstić information content (AvgIpc) is 1.59. The van der Waals surface area contributed by atoms with Crippen molar-refractivity contribution in [2.24, 2.45) is 5.14 Å². The number of pyridine rings is 3. The number of para-hydroxylation sites is 4. The van der Waals surface area contributed by atoms with Crippen LogP contribution in [-0.4, -0.2) is 38.7 Å². The van der Waals surface area contributed by atoms with Crippen LogP contribution in [0, 0.1) is 41.5 Å². The van der Waals surface area contributed by atoms with Gasteiger partial charge in [-0.05, 0) is 168 Å². The lowest BCUT2D eigenvalue weighted by atomic mass is 9.83. The highest BCUT2D eigenvalue weighted by Crippen LogP contribution is 2.54. The lowest BCUT2D eigenvalue weighted by Gasteiger charge is -2.27. The fraction of sp³-hybridized carbons (Fsp3) is 0.222. The van der Waals surface area contributed by atoms with Gasteiger partial charge in [0.1, 0.15) is 27.5 Å². The molecule has 0 saturated carbocycles. The van der Waals surface area contributed by atoms with Crippen molar-refractivity contribution in [3.8, 4) is 0 Å². The molecule has 0 bridgehead atoms. The summed E-state index contributed by atoms with van der Waals surface area (Å²) in [4.78, 5) is 40.8. The summed E-state index contributed by atoms with van der Waals surface area (Å²) < 4.78 is 66.7. The van der Waals surface area contributed by atoms with Crippen LogP contribution in [0.1, 0.15) is 163 Å². The largest absolute Gasteiger partial charge is 0.744 e. The maximum Gasteiger partial charge on any atom is 0.238 e. The van der Waals surface area contributed by atoms with Crippen molar-refractivity contribution in [3.63, 3.8) is 0 Å². The number of primary sulfonamides is 1. The summed E-state index contributed by atoms with van der Waals surface area (Å²) >= 11 is 0. The minimum absolute atomic E-state index is 0.109. The summed E-state index contributed by atoms with van der Waals surface area (Å²) in [6, 6.07) is 87.1. The molecule has 0 spiro atoms. The number of benzene rings is 9. The number of allylic oxidation sites excluding steroid dienone is 9. The zero-order valence-corrected chi connectivity index (χ0v) is 75.7. The van der Waals surface area contributed by atoms with Crippen LogP contribution in [0.5, 0.6) is 0 Å². The third-order valence-corrected chi connectivity index (χ3v) is 25.5. The Hall–Kier alpha value is -12.9. The first kappa shape index (κ1) is 89.8. The van der Waals surface area contributed by atoms with Gasteiger partial charge in [0.15, 0.2) is 53.8 Å². The second-order valence-corrected chi connectivity index (χ2v) is 37.5. The first-order chi connectivity index (χ1) is 59.4. The Morgan fingerprint density at radius 2 is 0.592 bits per heavy atom. The molecule has 0 aliphatic carbocycles. The molecule has 3 aliphatic rings. The van der Waals surface area contributed by atoms with Gasteiger partial charge < -0.3 is 19.3 Å². The van der Waals surface area contributed by atoms with Crippen molar-refractivity contribution in [1.29, 1.82) is 0 Å². The molecule has 2 N–H and O–H groups in total. The van der Waals surface area contributed by atoms with Gasteiger partial charge in [0.2, 0.25) is 10.0 Å². The summed E-state index contributed by atoms with van der Waals surface area (Å²) in [6.07, 6.45) is 20.5. The highest BCUT2D eigenvalue weighted by molar-refractivity contribution is 7.89. The van der Waals surface area contributed by atoms with Crippen LogP contribution >= 0.6 is 0 Å². The van der Waals surface area contributed by atoms with Crippen LogP contribution < -0.4 is 33.5 Å². The molecule has 6 heterocycles. The second kappa shape index (κ2) is 37.7.